The maximum Gasteiger partial charge on any atom is 0.260 e. The van der Waals surface area contributed by atoms with Gasteiger partial charge in [0.2, 0.25) is 0 Å². The zero-order valence-electron chi connectivity index (χ0n) is 8.57. The number of hydrogen-bond acceptors (Lipinski definition) is 4. The van der Waals surface area contributed by atoms with Crippen molar-refractivity contribution < 1.29 is 14.3 Å². The van der Waals surface area contributed by atoms with E-state index >= 15 is 0 Å². The van der Waals surface area contributed by atoms with Crippen LogP contribution < -0.4 is 11.1 Å². The number of hydrogen-bond donors (Lipinski definition) is 4. The summed E-state index contributed by atoms with van der Waals surface area (Å²) in [5.41, 5.74) is 5.71. The van der Waals surface area contributed by atoms with Crippen LogP contribution in [0.4, 0.5) is 15.9 Å². The molecular formula is C10H9FN4O2. The fourth-order valence-electron chi connectivity index (χ4n) is 1.27. The maximum atomic E-state index is 12.7. The summed E-state index contributed by atoms with van der Waals surface area (Å²) in [5.74, 6) is -1.46. The van der Waals surface area contributed by atoms with E-state index in [-0.39, 0.29) is 17.1 Å². The van der Waals surface area contributed by atoms with Gasteiger partial charge in [-0.2, -0.15) is 5.10 Å². The summed E-state index contributed by atoms with van der Waals surface area (Å²) in [4.78, 5) is 11.7. The van der Waals surface area contributed by atoms with E-state index < -0.39 is 17.5 Å². The molecule has 0 fully saturated rings. The summed E-state index contributed by atoms with van der Waals surface area (Å²) >= 11 is 0. The van der Waals surface area contributed by atoms with Crippen molar-refractivity contribution in [2.45, 2.75) is 0 Å². The molecule has 2 rings (SSSR count). The number of aromatic amines is 1. The van der Waals surface area contributed by atoms with Crippen molar-refractivity contribution in [3.05, 3.63) is 35.8 Å². The molecule has 0 unspecified atom stereocenters. The lowest BCUT2D eigenvalue weighted by Crippen LogP contribution is -2.13. The van der Waals surface area contributed by atoms with Crippen molar-refractivity contribution in [3.63, 3.8) is 0 Å². The van der Waals surface area contributed by atoms with Crippen LogP contribution in [0.2, 0.25) is 0 Å². The van der Waals surface area contributed by atoms with Crippen molar-refractivity contribution in [1.29, 1.82) is 0 Å². The van der Waals surface area contributed by atoms with Crippen LogP contribution in [0.1, 0.15) is 10.4 Å². The monoisotopic (exact) mass is 236 g/mol. The summed E-state index contributed by atoms with van der Waals surface area (Å²) in [5, 5.41) is 17.9. The van der Waals surface area contributed by atoms with E-state index in [1.54, 1.807) is 0 Å². The Morgan fingerprint density at radius 1 is 1.53 bits per heavy atom. The fourth-order valence-corrected chi connectivity index (χ4v) is 1.27. The van der Waals surface area contributed by atoms with Gasteiger partial charge in [-0.1, -0.05) is 0 Å². The van der Waals surface area contributed by atoms with Gasteiger partial charge in [-0.3, -0.25) is 9.89 Å². The number of benzene rings is 1. The molecule has 1 amide bonds. The number of halogens is 1. The second-order valence-electron chi connectivity index (χ2n) is 3.32. The Kier molecular flexibility index (Phi) is 2.65. The number of phenols is 1. The minimum absolute atomic E-state index is 0.0552. The van der Waals surface area contributed by atoms with E-state index in [0.717, 1.165) is 12.1 Å². The maximum absolute atomic E-state index is 12.7. The number of phenolic OH excluding ortho intramolecular Hbond substituents is 1. The highest BCUT2D eigenvalue weighted by molar-refractivity contribution is 6.06. The summed E-state index contributed by atoms with van der Waals surface area (Å²) in [6, 6.07) is 3.10. The lowest BCUT2D eigenvalue weighted by Gasteiger charge is -2.05. The Labute approximate surface area is 95.3 Å². The number of aromatic hydroxyl groups is 1. The van der Waals surface area contributed by atoms with Crippen LogP contribution in [0.5, 0.6) is 5.75 Å². The summed E-state index contributed by atoms with van der Waals surface area (Å²) in [6.45, 7) is 0. The largest absolute Gasteiger partial charge is 0.507 e. The summed E-state index contributed by atoms with van der Waals surface area (Å²) in [6.07, 6.45) is 1.33. The molecule has 0 atom stereocenters. The molecule has 0 aliphatic carbocycles. The summed E-state index contributed by atoms with van der Waals surface area (Å²) < 4.78 is 12.7. The van der Waals surface area contributed by atoms with Crippen LogP contribution in [0.15, 0.2) is 24.4 Å². The lowest BCUT2D eigenvalue weighted by molar-refractivity contribution is 0.102. The molecule has 1 aromatic carbocycles. The molecule has 0 saturated carbocycles. The van der Waals surface area contributed by atoms with E-state index in [1.807, 2.05) is 0 Å². The number of aromatic nitrogens is 2. The smallest absolute Gasteiger partial charge is 0.260 e. The van der Waals surface area contributed by atoms with E-state index in [0.29, 0.717) is 0 Å². The minimum Gasteiger partial charge on any atom is -0.507 e. The number of H-pyrrole nitrogens is 1. The zero-order valence-corrected chi connectivity index (χ0v) is 8.57. The second-order valence-corrected chi connectivity index (χ2v) is 3.32. The van der Waals surface area contributed by atoms with Gasteiger partial charge in [-0.15, -0.1) is 0 Å². The molecule has 0 spiro atoms. The normalized spacial score (nSPS) is 10.2. The molecule has 0 saturated heterocycles. The van der Waals surface area contributed by atoms with Gasteiger partial charge in [0.25, 0.3) is 5.91 Å². The standard InChI is InChI=1S/C10H9FN4O2/c11-5-1-2-6(8(16)3-5)10(17)14-9-7(12)4-13-15-9/h1-4,16H,12H2,(H2,13,14,15,17). The summed E-state index contributed by atoms with van der Waals surface area (Å²) in [7, 11) is 0. The van der Waals surface area contributed by atoms with E-state index in [4.69, 9.17) is 5.73 Å². The van der Waals surface area contributed by atoms with Crippen molar-refractivity contribution in [1.82, 2.24) is 10.2 Å². The number of nitrogens with one attached hydrogen (secondary N) is 2. The van der Waals surface area contributed by atoms with Crippen LogP contribution in [-0.2, 0) is 0 Å². The second kappa shape index (κ2) is 4.12. The Balaban J connectivity index is 2.23. The molecule has 6 nitrogen and oxygen atoms in total. The van der Waals surface area contributed by atoms with Crippen molar-refractivity contribution in [3.8, 4) is 5.75 Å². The average Bonchev–Trinajstić information content (AvgIpc) is 2.64. The number of nitrogens with zero attached hydrogens (tertiary/aromatic N) is 1. The zero-order chi connectivity index (χ0) is 12.4. The van der Waals surface area contributed by atoms with Crippen molar-refractivity contribution in [2.75, 3.05) is 11.1 Å². The molecule has 5 N–H and O–H groups in total. The van der Waals surface area contributed by atoms with Gasteiger partial charge >= 0.3 is 0 Å². The first-order valence-corrected chi connectivity index (χ1v) is 4.66. The molecule has 0 aliphatic rings. The highest BCUT2D eigenvalue weighted by atomic mass is 19.1. The van der Waals surface area contributed by atoms with Gasteiger partial charge in [0.15, 0.2) is 5.82 Å². The third kappa shape index (κ3) is 2.17. The van der Waals surface area contributed by atoms with Crippen molar-refractivity contribution >= 4 is 17.4 Å². The SMILES string of the molecule is Nc1cn[nH]c1NC(=O)c1ccc(F)cc1O. The van der Waals surface area contributed by atoms with Gasteiger partial charge in [0, 0.05) is 6.07 Å². The third-order valence-electron chi connectivity index (χ3n) is 2.11. The van der Waals surface area contributed by atoms with Crippen LogP contribution in [0.25, 0.3) is 0 Å². The predicted molar refractivity (Wildman–Crippen MR) is 59.0 cm³/mol. The van der Waals surface area contributed by atoms with E-state index in [2.05, 4.69) is 15.5 Å². The predicted octanol–water partition coefficient (Wildman–Crippen LogP) is 1.09. The number of nitrogens with two attached hydrogens (primary N) is 1. The molecule has 17 heavy (non-hydrogen) atoms. The number of carbonyl (C=O) groups excluding carboxylic acids is 1. The Morgan fingerprint density at radius 2 is 2.29 bits per heavy atom. The number of nitrogen functional groups attached to an aromatic ring is 1. The molecule has 88 valence electrons. The molecule has 0 aliphatic heterocycles. The van der Waals surface area contributed by atoms with Crippen LogP contribution >= 0.6 is 0 Å². The number of rotatable bonds is 2. The van der Waals surface area contributed by atoms with Crippen LogP contribution in [-0.4, -0.2) is 21.2 Å². The van der Waals surface area contributed by atoms with E-state index in [9.17, 15) is 14.3 Å². The quantitative estimate of drug-likeness (QED) is 0.626. The fraction of sp³-hybridized carbons (Fsp3) is 0. The Hall–Kier alpha value is -2.57. The van der Waals surface area contributed by atoms with Gasteiger partial charge in [0.1, 0.15) is 11.6 Å². The molecule has 2 aromatic rings. The first-order chi connectivity index (χ1) is 8.08. The Bertz CT molecular complexity index is 567. The van der Waals surface area contributed by atoms with E-state index in [1.165, 1.54) is 12.3 Å². The Morgan fingerprint density at radius 3 is 2.88 bits per heavy atom. The first kappa shape index (κ1) is 10.9. The highest BCUT2D eigenvalue weighted by Crippen LogP contribution is 2.20. The average molecular weight is 236 g/mol. The minimum atomic E-state index is -0.625. The molecule has 7 heteroatoms. The molecule has 1 heterocycles. The number of carbonyl (C=O) groups is 1. The third-order valence-corrected chi connectivity index (χ3v) is 2.11. The lowest BCUT2D eigenvalue weighted by atomic mass is 10.2. The van der Waals surface area contributed by atoms with Gasteiger partial charge in [-0.05, 0) is 12.1 Å². The molecule has 0 radical (unpaired) electrons. The van der Waals surface area contributed by atoms with Gasteiger partial charge in [-0.25, -0.2) is 4.39 Å². The first-order valence-electron chi connectivity index (χ1n) is 4.66. The topological polar surface area (TPSA) is 104 Å². The van der Waals surface area contributed by atoms with Crippen molar-refractivity contribution in [2.24, 2.45) is 0 Å². The molecule has 0 bridgehead atoms. The number of anilines is 2. The van der Waals surface area contributed by atoms with Gasteiger partial charge < -0.3 is 16.2 Å². The highest BCUT2D eigenvalue weighted by Gasteiger charge is 2.13. The van der Waals surface area contributed by atoms with Crippen LogP contribution in [0, 0.1) is 5.82 Å². The van der Waals surface area contributed by atoms with Crippen LogP contribution in [0.3, 0.4) is 0 Å². The molecular weight excluding hydrogens is 227 g/mol. The number of amides is 1. The molecule has 1 aromatic heterocycles. The van der Waals surface area contributed by atoms with Gasteiger partial charge in [0.05, 0.1) is 17.4 Å².